The quantitative estimate of drug-likeness (QED) is 0.499. The summed E-state index contributed by atoms with van der Waals surface area (Å²) in [6.45, 7) is 3.28. The van der Waals surface area contributed by atoms with Crippen molar-refractivity contribution in [2.75, 3.05) is 7.11 Å². The number of methoxy groups -OCH3 is 1. The van der Waals surface area contributed by atoms with E-state index in [4.69, 9.17) is 4.74 Å². The van der Waals surface area contributed by atoms with Gasteiger partial charge in [-0.25, -0.2) is 4.79 Å². The standard InChI is InChI=1S/C23H23N3O3/c1-3-12-26-22(23(27)28)13-20(24-26)19-15-25(21-7-5-4-6-18(19)21)14-16-8-10-17(29-2)11-9-16/h4-11,13,15H,3,12,14H2,1-2H3,(H,27,28). The first-order chi connectivity index (χ1) is 14.1. The normalized spacial score (nSPS) is 11.1. The number of ether oxygens (including phenoxy) is 1. The third-order valence-electron chi connectivity index (χ3n) is 5.01. The number of hydrogen-bond donors (Lipinski definition) is 1. The zero-order chi connectivity index (χ0) is 20.4. The van der Waals surface area contributed by atoms with Gasteiger partial charge in [0.15, 0.2) is 0 Å². The first-order valence-electron chi connectivity index (χ1n) is 9.63. The van der Waals surface area contributed by atoms with Crippen molar-refractivity contribution in [3.63, 3.8) is 0 Å². The van der Waals surface area contributed by atoms with Gasteiger partial charge < -0.3 is 14.4 Å². The van der Waals surface area contributed by atoms with Crippen molar-refractivity contribution in [2.45, 2.75) is 26.4 Å². The summed E-state index contributed by atoms with van der Waals surface area (Å²) in [5.41, 5.74) is 4.07. The molecule has 2 aromatic carbocycles. The second-order valence-electron chi connectivity index (χ2n) is 6.98. The number of benzene rings is 2. The summed E-state index contributed by atoms with van der Waals surface area (Å²) in [5.74, 6) is -0.131. The zero-order valence-corrected chi connectivity index (χ0v) is 16.5. The predicted molar refractivity (Wildman–Crippen MR) is 113 cm³/mol. The molecule has 4 rings (SSSR count). The Hall–Kier alpha value is -3.54. The van der Waals surface area contributed by atoms with Crippen molar-refractivity contribution in [3.05, 3.63) is 72.1 Å². The first kappa shape index (κ1) is 18.8. The molecule has 0 aliphatic rings. The Morgan fingerprint density at radius 3 is 2.59 bits per heavy atom. The highest BCUT2D eigenvalue weighted by molar-refractivity contribution is 5.96. The van der Waals surface area contributed by atoms with E-state index in [0.29, 0.717) is 18.8 Å². The molecule has 6 nitrogen and oxygen atoms in total. The molecular formula is C23H23N3O3. The average Bonchev–Trinajstić information content (AvgIpc) is 3.31. The summed E-state index contributed by atoms with van der Waals surface area (Å²) < 4.78 is 8.99. The molecule has 0 fully saturated rings. The van der Waals surface area contributed by atoms with Crippen molar-refractivity contribution < 1.29 is 14.6 Å². The summed E-state index contributed by atoms with van der Waals surface area (Å²) in [7, 11) is 1.66. The molecule has 0 aliphatic carbocycles. The molecule has 148 valence electrons. The van der Waals surface area contributed by atoms with Crippen molar-refractivity contribution >= 4 is 16.9 Å². The van der Waals surface area contributed by atoms with E-state index in [1.54, 1.807) is 17.9 Å². The van der Waals surface area contributed by atoms with Crippen LogP contribution in [0.2, 0.25) is 0 Å². The highest BCUT2D eigenvalue weighted by atomic mass is 16.5. The maximum Gasteiger partial charge on any atom is 0.354 e. The van der Waals surface area contributed by atoms with Crippen LogP contribution >= 0.6 is 0 Å². The summed E-state index contributed by atoms with van der Waals surface area (Å²) in [5, 5.41) is 15.2. The molecule has 0 unspecified atom stereocenters. The maximum absolute atomic E-state index is 11.6. The summed E-state index contributed by atoms with van der Waals surface area (Å²) in [6, 6.07) is 17.8. The molecule has 0 saturated carbocycles. The molecule has 0 spiro atoms. The van der Waals surface area contributed by atoms with Crippen LogP contribution in [0.1, 0.15) is 29.4 Å². The molecule has 2 heterocycles. The smallest absolute Gasteiger partial charge is 0.354 e. The van der Waals surface area contributed by atoms with Crippen molar-refractivity contribution in [3.8, 4) is 17.0 Å². The topological polar surface area (TPSA) is 69.3 Å². The zero-order valence-electron chi connectivity index (χ0n) is 16.5. The molecule has 0 aliphatic heterocycles. The van der Waals surface area contributed by atoms with Crippen LogP contribution in [0.15, 0.2) is 60.8 Å². The largest absolute Gasteiger partial charge is 0.497 e. The molecule has 2 aromatic heterocycles. The monoisotopic (exact) mass is 389 g/mol. The number of hydrogen-bond acceptors (Lipinski definition) is 3. The van der Waals surface area contributed by atoms with Crippen molar-refractivity contribution in [1.82, 2.24) is 14.3 Å². The van der Waals surface area contributed by atoms with E-state index in [0.717, 1.165) is 34.2 Å². The fourth-order valence-corrected chi connectivity index (χ4v) is 3.61. The fraction of sp³-hybridized carbons (Fsp3) is 0.217. The maximum atomic E-state index is 11.6. The van der Waals surface area contributed by atoms with Gasteiger partial charge in [0.25, 0.3) is 0 Å². The van der Waals surface area contributed by atoms with Crippen molar-refractivity contribution in [1.29, 1.82) is 0 Å². The molecule has 0 saturated heterocycles. The number of aromatic nitrogens is 3. The second kappa shape index (κ2) is 7.83. The van der Waals surface area contributed by atoms with Gasteiger partial charge in [0.05, 0.1) is 12.8 Å². The van der Waals surface area contributed by atoms with Gasteiger partial charge in [0.2, 0.25) is 0 Å². The number of carbonyl (C=O) groups is 1. The lowest BCUT2D eigenvalue weighted by Gasteiger charge is -2.06. The fourth-order valence-electron chi connectivity index (χ4n) is 3.61. The first-order valence-corrected chi connectivity index (χ1v) is 9.63. The SMILES string of the molecule is CCCn1nc(-c2cn(Cc3ccc(OC)cc3)c3ccccc23)cc1C(=O)O. The van der Waals surface area contributed by atoms with E-state index < -0.39 is 5.97 Å². The van der Waals surface area contributed by atoms with Crippen LogP contribution in [0.3, 0.4) is 0 Å². The van der Waals surface area contributed by atoms with Gasteiger partial charge in [-0.3, -0.25) is 4.68 Å². The van der Waals surface area contributed by atoms with Gasteiger partial charge in [0.1, 0.15) is 11.4 Å². The lowest BCUT2D eigenvalue weighted by molar-refractivity contribution is 0.0683. The minimum atomic E-state index is -0.959. The molecule has 4 aromatic rings. The highest BCUT2D eigenvalue weighted by Crippen LogP contribution is 2.31. The Morgan fingerprint density at radius 1 is 1.14 bits per heavy atom. The number of aromatic carboxylic acids is 1. The summed E-state index contributed by atoms with van der Waals surface area (Å²) >= 11 is 0. The van der Waals surface area contributed by atoms with Gasteiger partial charge >= 0.3 is 5.97 Å². The lowest BCUT2D eigenvalue weighted by Crippen LogP contribution is -2.09. The Morgan fingerprint density at radius 2 is 1.90 bits per heavy atom. The van der Waals surface area contributed by atoms with Gasteiger partial charge in [-0.15, -0.1) is 0 Å². The van der Waals surface area contributed by atoms with Crippen molar-refractivity contribution in [2.24, 2.45) is 0 Å². The summed E-state index contributed by atoms with van der Waals surface area (Å²) in [4.78, 5) is 11.6. The lowest BCUT2D eigenvalue weighted by atomic mass is 10.1. The molecule has 6 heteroatoms. The Labute approximate surface area is 169 Å². The molecule has 29 heavy (non-hydrogen) atoms. The van der Waals surface area contributed by atoms with E-state index in [1.807, 2.05) is 43.3 Å². The summed E-state index contributed by atoms with van der Waals surface area (Å²) in [6.07, 6.45) is 2.87. The Bertz CT molecular complexity index is 1160. The van der Waals surface area contributed by atoms with Crippen LogP contribution in [-0.2, 0) is 13.1 Å². The predicted octanol–water partition coefficient (Wildman–Crippen LogP) is 4.67. The van der Waals surface area contributed by atoms with E-state index in [2.05, 4.69) is 28.0 Å². The number of fused-ring (bicyclic) bond motifs is 1. The van der Waals surface area contributed by atoms with Gasteiger partial charge in [-0.1, -0.05) is 37.3 Å². The van der Waals surface area contributed by atoms with E-state index in [-0.39, 0.29) is 5.69 Å². The van der Waals surface area contributed by atoms with Crippen LogP contribution < -0.4 is 4.74 Å². The van der Waals surface area contributed by atoms with E-state index in [9.17, 15) is 9.90 Å². The Balaban J connectivity index is 1.78. The number of nitrogens with zero attached hydrogens (tertiary/aromatic N) is 3. The minimum absolute atomic E-state index is 0.217. The van der Waals surface area contributed by atoms with Crippen LogP contribution in [0, 0.1) is 0 Å². The number of aryl methyl sites for hydroxylation is 1. The highest BCUT2D eigenvalue weighted by Gasteiger charge is 2.18. The molecular weight excluding hydrogens is 366 g/mol. The van der Waals surface area contributed by atoms with Crippen LogP contribution in [0.4, 0.5) is 0 Å². The number of para-hydroxylation sites is 1. The molecule has 0 radical (unpaired) electrons. The van der Waals surface area contributed by atoms with Crippen LogP contribution in [-0.4, -0.2) is 32.5 Å². The van der Waals surface area contributed by atoms with E-state index >= 15 is 0 Å². The third kappa shape index (κ3) is 3.61. The Kier molecular flexibility index (Phi) is 5.08. The number of rotatable bonds is 7. The van der Waals surface area contributed by atoms with Gasteiger partial charge in [-0.2, -0.15) is 5.10 Å². The minimum Gasteiger partial charge on any atom is -0.497 e. The average molecular weight is 389 g/mol. The molecule has 1 N–H and O–H groups in total. The van der Waals surface area contributed by atoms with Gasteiger partial charge in [0, 0.05) is 35.8 Å². The number of carboxylic acids is 1. The number of carboxylic acid groups (broad SMARTS) is 1. The molecule has 0 atom stereocenters. The second-order valence-corrected chi connectivity index (χ2v) is 6.98. The molecule has 0 bridgehead atoms. The van der Waals surface area contributed by atoms with Gasteiger partial charge in [-0.05, 0) is 36.2 Å². The third-order valence-corrected chi connectivity index (χ3v) is 5.01. The van der Waals surface area contributed by atoms with Crippen LogP contribution in [0.25, 0.3) is 22.2 Å². The van der Waals surface area contributed by atoms with E-state index in [1.165, 1.54) is 0 Å². The molecule has 0 amide bonds. The van der Waals surface area contributed by atoms with Crippen LogP contribution in [0.5, 0.6) is 5.75 Å².